The Kier molecular flexibility index (Phi) is 12.3. The highest BCUT2D eigenvalue weighted by molar-refractivity contribution is 6.89. The highest BCUT2D eigenvalue weighted by Gasteiger charge is 2.36. The molecule has 0 aromatic heterocycles. The fourth-order valence-electron chi connectivity index (χ4n) is 9.96. The maximum absolute atomic E-state index is 17.0. The van der Waals surface area contributed by atoms with Crippen LogP contribution in [0.5, 0.6) is 0 Å². The lowest BCUT2D eigenvalue weighted by atomic mass is 9.91. The van der Waals surface area contributed by atoms with Crippen molar-refractivity contribution in [1.29, 1.82) is 0 Å². The minimum absolute atomic E-state index is 0.265. The maximum Gasteiger partial charge on any atom is 0.417 e. The quantitative estimate of drug-likeness (QED) is 0.0765. The van der Waals surface area contributed by atoms with Crippen molar-refractivity contribution in [3.8, 4) is 22.3 Å². The lowest BCUT2D eigenvalue weighted by molar-refractivity contribution is -0.137. The zero-order chi connectivity index (χ0) is 52.8. The zero-order valence-corrected chi connectivity index (χ0v) is 42.8. The van der Waals surface area contributed by atoms with Gasteiger partial charge in [-0.05, 0) is 93.3 Å². The van der Waals surface area contributed by atoms with E-state index in [2.05, 4.69) is 39.3 Å². The minimum atomic E-state index is -4.85. The molecule has 10 rings (SSSR count). The Morgan fingerprint density at radius 1 is 0.338 bits per heavy atom. The Hall–Kier alpha value is -7.43. The summed E-state index contributed by atoms with van der Waals surface area (Å²) in [7, 11) is -3.73. The van der Waals surface area contributed by atoms with Gasteiger partial charge in [-0.2, -0.15) is 26.3 Å². The monoisotopic (exact) mass is 1040 g/mol. The molecule has 0 spiro atoms. The topological polar surface area (TPSA) is 6.48 Å². The van der Waals surface area contributed by atoms with Crippen LogP contribution < -0.4 is 20.2 Å². The van der Waals surface area contributed by atoms with Crippen LogP contribution in [0.4, 0.5) is 78.0 Å². The smallest absolute Gasteiger partial charge is 0.307 e. The number of anilines is 6. The van der Waals surface area contributed by atoms with Crippen molar-refractivity contribution >= 4 is 93.0 Å². The van der Waals surface area contributed by atoms with Crippen molar-refractivity contribution in [2.75, 3.05) is 9.80 Å². The number of alkyl halides is 6. The van der Waals surface area contributed by atoms with E-state index in [0.29, 0.717) is 44.3 Å². The number of hydrogen-bond acceptors (Lipinski definition) is 2. The van der Waals surface area contributed by atoms with Gasteiger partial charge < -0.3 is 9.80 Å². The van der Waals surface area contributed by atoms with Crippen LogP contribution in [0.1, 0.15) is 11.1 Å². The Morgan fingerprint density at radius 2 is 0.676 bits per heavy atom. The average molecular weight is 1040 g/mol. The highest BCUT2D eigenvalue weighted by atomic mass is 28.3. The molecule has 0 N–H and O–H groups in total. The van der Waals surface area contributed by atoms with Crippen molar-refractivity contribution in [2.45, 2.75) is 51.6 Å². The summed E-state index contributed by atoms with van der Waals surface area (Å²) < 4.78 is 153. The van der Waals surface area contributed by atoms with Crippen LogP contribution in [0.3, 0.4) is 0 Å². The van der Waals surface area contributed by atoms with Gasteiger partial charge >= 0.3 is 12.4 Å². The largest absolute Gasteiger partial charge is 0.417 e. The molecule has 0 atom stereocenters. The van der Waals surface area contributed by atoms with Crippen molar-refractivity contribution in [1.82, 2.24) is 0 Å². The van der Waals surface area contributed by atoms with Crippen LogP contribution in [-0.2, 0) is 12.4 Å². The van der Waals surface area contributed by atoms with Crippen molar-refractivity contribution in [3.63, 3.8) is 0 Å². The van der Waals surface area contributed by atoms with Gasteiger partial charge in [0.05, 0.1) is 50.0 Å². The SMILES string of the molecule is C[Si](C)(C)c1ccc(N(c2cc(F)c(-c3ccccc3C(F)(F)F)cc2F)c2ccc3ccc4c(N(c5ccc([Si](C)(C)C)cc5)c5cc(F)c(-c6ccccc6C(F)(F)F)cc5F)ccc5ccc2c3c54)cc1. The molecule has 2 nitrogen and oxygen atoms in total. The predicted octanol–water partition coefficient (Wildman–Crippen LogP) is 18.5. The van der Waals surface area contributed by atoms with Crippen LogP contribution in [-0.4, -0.2) is 16.1 Å². The first-order valence-corrected chi connectivity index (χ1v) is 30.7. The first-order valence-electron chi connectivity index (χ1n) is 23.7. The van der Waals surface area contributed by atoms with Crippen LogP contribution in [0.15, 0.2) is 170 Å². The van der Waals surface area contributed by atoms with E-state index in [4.69, 9.17) is 0 Å². The van der Waals surface area contributed by atoms with Gasteiger partial charge in [0.15, 0.2) is 0 Å². The Morgan fingerprint density at radius 3 is 1.01 bits per heavy atom. The standard InChI is InChI=1S/C60H46F10N2Si2/c1-73(2,3)39-23-19-37(20-24-39)71(55-33-49(61)45(31-51(55)63)41-11-7-9-13-47(41)59(65,66)67)53-29-17-35-16-28-44-54(30-18-36-15-27-43(53)57(35)58(36)44)72(38-21-25-40(26-22-38)74(4,5)6)56-34-50(62)46(32-52(56)64)42-12-8-10-14-48(42)60(68,69)70/h7-34H,1-6H3. The summed E-state index contributed by atoms with van der Waals surface area (Å²) in [5, 5.41) is 6.19. The van der Waals surface area contributed by atoms with Gasteiger partial charge in [-0.15, -0.1) is 0 Å². The number of benzene rings is 10. The third kappa shape index (κ3) is 8.97. The second-order valence-corrected chi connectivity index (χ2v) is 30.7. The summed E-state index contributed by atoms with van der Waals surface area (Å²) in [6.45, 7) is 13.0. The van der Waals surface area contributed by atoms with E-state index < -0.39 is 85.1 Å². The third-order valence-electron chi connectivity index (χ3n) is 13.7. The second-order valence-electron chi connectivity index (χ2n) is 20.5. The van der Waals surface area contributed by atoms with E-state index in [-0.39, 0.29) is 11.4 Å². The molecule has 0 aliphatic heterocycles. The van der Waals surface area contributed by atoms with Crippen molar-refractivity contribution in [3.05, 3.63) is 204 Å². The van der Waals surface area contributed by atoms with Gasteiger partial charge in [0.2, 0.25) is 0 Å². The molecule has 0 aliphatic rings. The minimum Gasteiger partial charge on any atom is -0.307 e. The van der Waals surface area contributed by atoms with Gasteiger partial charge in [0.25, 0.3) is 0 Å². The lowest BCUT2D eigenvalue weighted by Gasteiger charge is -2.30. The normalized spacial score (nSPS) is 12.6. The van der Waals surface area contributed by atoms with Crippen LogP contribution in [0, 0.1) is 23.3 Å². The number of hydrogen-bond donors (Lipinski definition) is 0. The molecule has 0 saturated carbocycles. The number of rotatable bonds is 10. The molecule has 10 aromatic rings. The number of halogens is 10. The Balaban J connectivity index is 1.20. The summed E-state index contributed by atoms with van der Waals surface area (Å²) in [4.78, 5) is 3.09. The van der Waals surface area contributed by atoms with Crippen LogP contribution in [0.2, 0.25) is 39.3 Å². The molecule has 374 valence electrons. The fraction of sp³-hybridized carbons (Fsp3) is 0.133. The lowest BCUT2D eigenvalue weighted by Crippen LogP contribution is -2.37. The maximum atomic E-state index is 17.0. The summed E-state index contributed by atoms with van der Waals surface area (Å²) in [5.41, 5.74) is -3.23. The molecule has 0 saturated heterocycles. The average Bonchev–Trinajstić information content (AvgIpc) is 3.35. The Labute approximate surface area is 423 Å². The van der Waals surface area contributed by atoms with Crippen LogP contribution >= 0.6 is 0 Å². The molecule has 0 heterocycles. The molecule has 10 aromatic carbocycles. The number of nitrogens with zero attached hydrogens (tertiary/aromatic N) is 2. The molecule has 14 heteroatoms. The first-order chi connectivity index (χ1) is 34.9. The summed E-state index contributed by atoms with van der Waals surface area (Å²) >= 11 is 0. The molecular formula is C60H46F10N2Si2. The first kappa shape index (κ1) is 50.1. The molecule has 0 bridgehead atoms. The van der Waals surface area contributed by atoms with E-state index in [0.717, 1.165) is 69.7 Å². The van der Waals surface area contributed by atoms with E-state index in [1.165, 1.54) is 24.3 Å². The Bertz CT molecular complexity index is 3530. The van der Waals surface area contributed by atoms with Gasteiger partial charge in [-0.1, -0.05) is 147 Å². The molecule has 0 radical (unpaired) electrons. The summed E-state index contributed by atoms with van der Waals surface area (Å²) in [6, 6.07) is 41.8. The fourth-order valence-corrected chi connectivity index (χ4v) is 12.3. The summed E-state index contributed by atoms with van der Waals surface area (Å²) in [6.07, 6.45) is -9.69. The van der Waals surface area contributed by atoms with Gasteiger partial charge in [-0.3, -0.25) is 0 Å². The molecule has 0 amide bonds. The second kappa shape index (κ2) is 18.2. The molecule has 0 unspecified atom stereocenters. The van der Waals surface area contributed by atoms with Crippen molar-refractivity contribution < 1.29 is 43.9 Å². The summed E-state index contributed by atoms with van der Waals surface area (Å²) in [5.74, 6) is -4.14. The van der Waals surface area contributed by atoms with E-state index in [1.54, 1.807) is 46.2 Å². The third-order valence-corrected chi connectivity index (χ3v) is 17.8. The van der Waals surface area contributed by atoms with Gasteiger partial charge in [-0.25, -0.2) is 17.6 Å². The predicted molar refractivity (Wildman–Crippen MR) is 286 cm³/mol. The van der Waals surface area contributed by atoms with E-state index >= 15 is 17.6 Å². The van der Waals surface area contributed by atoms with Gasteiger partial charge in [0, 0.05) is 45.4 Å². The molecule has 74 heavy (non-hydrogen) atoms. The van der Waals surface area contributed by atoms with Gasteiger partial charge in [0.1, 0.15) is 23.3 Å². The van der Waals surface area contributed by atoms with E-state index in [9.17, 15) is 26.3 Å². The van der Waals surface area contributed by atoms with E-state index in [1.807, 2.05) is 60.7 Å². The molecular weight excluding hydrogens is 995 g/mol. The van der Waals surface area contributed by atoms with Crippen molar-refractivity contribution in [2.24, 2.45) is 0 Å². The molecule has 0 aliphatic carbocycles. The molecule has 0 fully saturated rings. The highest BCUT2D eigenvalue weighted by Crippen LogP contribution is 2.50. The van der Waals surface area contributed by atoms with Crippen LogP contribution in [0.25, 0.3) is 54.6 Å². The zero-order valence-electron chi connectivity index (χ0n) is 40.8.